The van der Waals surface area contributed by atoms with Crippen LogP contribution in [0.4, 0.5) is 5.69 Å². The van der Waals surface area contributed by atoms with E-state index in [0.717, 1.165) is 35.6 Å². The van der Waals surface area contributed by atoms with Crippen LogP contribution in [-0.4, -0.2) is 33.7 Å². The monoisotopic (exact) mass is 334 g/mol. The summed E-state index contributed by atoms with van der Waals surface area (Å²) >= 11 is 6.70. The Balaban J connectivity index is 1.59. The zero-order valence-electron chi connectivity index (χ0n) is 12.1. The second-order valence-electron chi connectivity index (χ2n) is 5.42. The summed E-state index contributed by atoms with van der Waals surface area (Å²) < 4.78 is 2.59. The normalized spacial score (nSPS) is 19.0. The molecule has 1 amide bonds. The van der Waals surface area contributed by atoms with Crippen molar-refractivity contribution in [3.05, 3.63) is 39.8 Å². The first-order valence-corrected chi connectivity index (χ1v) is 8.60. The molecule has 1 aromatic heterocycles. The standard InChI is InChI=1S/C15H18N4OS2/c20-14(17-13-6-2-1-3-7-13)12-5-4-8-18(9-12)11-19-15(21)22-10-16-19/h1-3,6-7,10,12H,4-5,8-9,11H2,(H,17,20)/t12-/m0/s1. The maximum Gasteiger partial charge on any atom is 0.228 e. The Morgan fingerprint density at radius 3 is 2.95 bits per heavy atom. The van der Waals surface area contributed by atoms with Crippen LogP contribution in [0.5, 0.6) is 0 Å². The van der Waals surface area contributed by atoms with Crippen molar-refractivity contribution in [3.8, 4) is 0 Å². The van der Waals surface area contributed by atoms with Gasteiger partial charge in [-0.15, -0.1) is 0 Å². The lowest BCUT2D eigenvalue weighted by Gasteiger charge is -2.31. The Morgan fingerprint density at radius 2 is 2.23 bits per heavy atom. The predicted molar refractivity (Wildman–Crippen MR) is 90.3 cm³/mol. The number of amides is 1. The summed E-state index contributed by atoms with van der Waals surface area (Å²) in [5.74, 6) is 0.111. The number of carbonyl (C=O) groups excluding carboxylic acids is 1. The maximum absolute atomic E-state index is 12.4. The van der Waals surface area contributed by atoms with Crippen molar-refractivity contribution in [2.75, 3.05) is 18.4 Å². The molecule has 1 fully saturated rings. The van der Waals surface area contributed by atoms with Crippen LogP contribution in [0.25, 0.3) is 0 Å². The first-order chi connectivity index (χ1) is 10.7. The SMILES string of the molecule is O=C(Nc1ccccc1)[C@H]1CCCN(Cn2ncsc2=S)C1. The lowest BCUT2D eigenvalue weighted by atomic mass is 9.97. The first kappa shape index (κ1) is 15.3. The Morgan fingerprint density at radius 1 is 1.41 bits per heavy atom. The minimum atomic E-state index is 0.0155. The van der Waals surface area contributed by atoms with Gasteiger partial charge in [-0.1, -0.05) is 29.5 Å². The van der Waals surface area contributed by atoms with E-state index in [4.69, 9.17) is 12.2 Å². The Bertz CT molecular complexity index is 682. The average Bonchev–Trinajstić information content (AvgIpc) is 2.94. The molecule has 0 aliphatic carbocycles. The van der Waals surface area contributed by atoms with E-state index in [-0.39, 0.29) is 11.8 Å². The average molecular weight is 334 g/mol. The number of carbonyl (C=O) groups is 1. The lowest BCUT2D eigenvalue weighted by molar-refractivity contribution is -0.121. The zero-order chi connectivity index (χ0) is 15.4. The highest BCUT2D eigenvalue weighted by molar-refractivity contribution is 7.73. The minimum absolute atomic E-state index is 0.0155. The van der Waals surface area contributed by atoms with Gasteiger partial charge in [0.05, 0.1) is 12.6 Å². The largest absolute Gasteiger partial charge is 0.326 e. The Labute approximate surface area is 138 Å². The van der Waals surface area contributed by atoms with E-state index in [0.29, 0.717) is 6.67 Å². The van der Waals surface area contributed by atoms with Crippen molar-refractivity contribution < 1.29 is 4.79 Å². The molecule has 0 unspecified atom stereocenters. The summed E-state index contributed by atoms with van der Waals surface area (Å²) in [5.41, 5.74) is 2.61. The van der Waals surface area contributed by atoms with Gasteiger partial charge in [0.2, 0.25) is 5.91 Å². The number of benzene rings is 1. The van der Waals surface area contributed by atoms with Gasteiger partial charge in [0.25, 0.3) is 0 Å². The van der Waals surface area contributed by atoms with Crippen molar-refractivity contribution >= 4 is 35.1 Å². The van der Waals surface area contributed by atoms with Crippen LogP contribution in [0.2, 0.25) is 0 Å². The van der Waals surface area contributed by atoms with Crippen molar-refractivity contribution in [2.45, 2.75) is 19.5 Å². The summed E-state index contributed by atoms with van der Waals surface area (Å²) in [6, 6.07) is 9.61. The summed E-state index contributed by atoms with van der Waals surface area (Å²) in [6.45, 7) is 2.39. The van der Waals surface area contributed by atoms with Crippen molar-refractivity contribution in [1.82, 2.24) is 14.7 Å². The van der Waals surface area contributed by atoms with Crippen LogP contribution in [0.15, 0.2) is 35.8 Å². The molecular formula is C15H18N4OS2. The fraction of sp³-hybridized carbons (Fsp3) is 0.400. The highest BCUT2D eigenvalue weighted by atomic mass is 32.1. The summed E-state index contributed by atoms with van der Waals surface area (Å²) in [5, 5.41) is 7.23. The lowest BCUT2D eigenvalue weighted by Crippen LogP contribution is -2.41. The Kier molecular flexibility index (Phi) is 4.97. The number of rotatable bonds is 4. The molecule has 3 rings (SSSR count). The van der Waals surface area contributed by atoms with Crippen LogP contribution in [0.3, 0.4) is 0 Å². The third-order valence-electron chi connectivity index (χ3n) is 3.80. The van der Waals surface area contributed by atoms with Gasteiger partial charge in [-0.05, 0) is 43.7 Å². The van der Waals surface area contributed by atoms with E-state index in [2.05, 4.69) is 15.3 Å². The highest BCUT2D eigenvalue weighted by Crippen LogP contribution is 2.19. The number of aromatic nitrogens is 2. The zero-order valence-corrected chi connectivity index (χ0v) is 13.8. The second kappa shape index (κ2) is 7.13. The number of nitrogens with zero attached hydrogens (tertiary/aromatic N) is 3. The number of anilines is 1. The van der Waals surface area contributed by atoms with Gasteiger partial charge in [-0.3, -0.25) is 9.69 Å². The summed E-state index contributed by atoms with van der Waals surface area (Å²) in [7, 11) is 0. The number of para-hydroxylation sites is 1. The molecule has 1 aliphatic rings. The van der Waals surface area contributed by atoms with Crippen LogP contribution in [0, 0.1) is 9.87 Å². The number of piperidine rings is 1. The summed E-state index contributed by atoms with van der Waals surface area (Å²) in [6.07, 6.45) is 1.95. The molecule has 116 valence electrons. The van der Waals surface area contributed by atoms with E-state index >= 15 is 0 Å². The van der Waals surface area contributed by atoms with Crippen molar-refractivity contribution in [3.63, 3.8) is 0 Å². The molecule has 1 aromatic carbocycles. The molecule has 22 heavy (non-hydrogen) atoms. The Hall–Kier alpha value is -1.57. The fourth-order valence-electron chi connectivity index (χ4n) is 2.68. The van der Waals surface area contributed by atoms with Gasteiger partial charge in [0.1, 0.15) is 5.51 Å². The maximum atomic E-state index is 12.4. The molecule has 0 saturated carbocycles. The molecule has 1 saturated heterocycles. The quantitative estimate of drug-likeness (QED) is 0.874. The van der Waals surface area contributed by atoms with E-state index in [1.165, 1.54) is 11.3 Å². The first-order valence-electron chi connectivity index (χ1n) is 7.31. The molecule has 2 aromatic rings. The molecule has 5 nitrogen and oxygen atoms in total. The number of likely N-dealkylation sites (tertiary alicyclic amines) is 1. The number of hydrogen-bond acceptors (Lipinski definition) is 5. The molecule has 0 bridgehead atoms. The highest BCUT2D eigenvalue weighted by Gasteiger charge is 2.26. The molecular weight excluding hydrogens is 316 g/mol. The second-order valence-corrected chi connectivity index (χ2v) is 6.90. The molecule has 7 heteroatoms. The van der Waals surface area contributed by atoms with Gasteiger partial charge >= 0.3 is 0 Å². The molecule has 1 N–H and O–H groups in total. The predicted octanol–water partition coefficient (Wildman–Crippen LogP) is 2.98. The van der Waals surface area contributed by atoms with Crippen LogP contribution < -0.4 is 5.32 Å². The van der Waals surface area contributed by atoms with Crippen molar-refractivity contribution in [1.29, 1.82) is 0 Å². The van der Waals surface area contributed by atoms with Gasteiger partial charge < -0.3 is 5.32 Å². The smallest absolute Gasteiger partial charge is 0.228 e. The van der Waals surface area contributed by atoms with Crippen LogP contribution in [0.1, 0.15) is 12.8 Å². The van der Waals surface area contributed by atoms with Crippen LogP contribution in [-0.2, 0) is 11.5 Å². The number of nitrogens with one attached hydrogen (secondary N) is 1. The van der Waals surface area contributed by atoms with E-state index in [9.17, 15) is 4.79 Å². The minimum Gasteiger partial charge on any atom is -0.326 e. The molecule has 1 aliphatic heterocycles. The topological polar surface area (TPSA) is 50.2 Å². The number of hydrogen-bond donors (Lipinski definition) is 1. The molecule has 0 radical (unpaired) electrons. The van der Waals surface area contributed by atoms with Gasteiger partial charge in [0, 0.05) is 12.2 Å². The van der Waals surface area contributed by atoms with Crippen LogP contribution >= 0.6 is 23.6 Å². The summed E-state index contributed by atoms with van der Waals surface area (Å²) in [4.78, 5) is 14.6. The van der Waals surface area contributed by atoms with E-state index < -0.39 is 0 Å². The molecule has 2 heterocycles. The molecule has 0 spiro atoms. The van der Waals surface area contributed by atoms with E-state index in [1.807, 2.05) is 35.0 Å². The van der Waals surface area contributed by atoms with Gasteiger partial charge in [0.15, 0.2) is 3.95 Å². The third-order valence-corrected chi connectivity index (χ3v) is 4.91. The van der Waals surface area contributed by atoms with Gasteiger partial charge in [-0.25, -0.2) is 4.68 Å². The fourth-order valence-corrected chi connectivity index (χ4v) is 3.39. The van der Waals surface area contributed by atoms with Crippen molar-refractivity contribution in [2.24, 2.45) is 5.92 Å². The molecule has 1 atom stereocenters. The van der Waals surface area contributed by atoms with Gasteiger partial charge in [-0.2, -0.15) is 5.10 Å². The van der Waals surface area contributed by atoms with E-state index in [1.54, 1.807) is 5.51 Å². The third kappa shape index (κ3) is 3.79.